The van der Waals surface area contributed by atoms with Gasteiger partial charge in [0.2, 0.25) is 5.88 Å². The third kappa shape index (κ3) is 2.17. The molecule has 2 aromatic heterocycles. The zero-order valence-electron chi connectivity index (χ0n) is 10.0. The number of nitrogens with two attached hydrogens (primary N) is 1. The maximum atomic E-state index is 6.07. The normalized spacial score (nSPS) is 10.8. The van der Waals surface area contributed by atoms with Crippen molar-refractivity contribution in [3.8, 4) is 11.6 Å². The molecule has 0 aliphatic rings. The van der Waals surface area contributed by atoms with Crippen LogP contribution in [0, 0.1) is 6.92 Å². The fraction of sp³-hybridized carbons (Fsp3) is 0.0833. The molecule has 0 aliphatic carbocycles. The molecule has 1 aromatic carbocycles. The number of ether oxygens (including phenoxy) is 1. The number of rotatable bonds is 2. The number of anilines is 1. The van der Waals surface area contributed by atoms with Crippen LogP contribution in [-0.4, -0.2) is 19.6 Å². The Bertz CT molecular complexity index is 755. The van der Waals surface area contributed by atoms with E-state index in [1.807, 2.05) is 6.92 Å². The summed E-state index contributed by atoms with van der Waals surface area (Å²) in [4.78, 5) is 8.25. The third-order valence-corrected chi connectivity index (χ3v) is 2.83. The molecule has 19 heavy (non-hydrogen) atoms. The van der Waals surface area contributed by atoms with Gasteiger partial charge in [0.15, 0.2) is 0 Å². The van der Waals surface area contributed by atoms with E-state index in [1.165, 1.54) is 10.8 Å². The maximum Gasteiger partial charge on any atom is 0.255 e. The first-order valence-electron chi connectivity index (χ1n) is 5.54. The van der Waals surface area contributed by atoms with E-state index < -0.39 is 0 Å². The molecule has 0 saturated carbocycles. The monoisotopic (exact) mass is 275 g/mol. The summed E-state index contributed by atoms with van der Waals surface area (Å²) in [5, 5.41) is 4.52. The third-order valence-electron chi connectivity index (χ3n) is 2.52. The Balaban J connectivity index is 2.10. The fourth-order valence-electron chi connectivity index (χ4n) is 1.68. The van der Waals surface area contributed by atoms with Gasteiger partial charge in [-0.05, 0) is 19.1 Å². The molecule has 2 N–H and O–H groups in total. The van der Waals surface area contributed by atoms with Crippen LogP contribution in [0.25, 0.3) is 5.78 Å². The molecule has 3 aromatic rings. The lowest BCUT2D eigenvalue weighted by atomic mass is 10.3. The highest BCUT2D eigenvalue weighted by Crippen LogP contribution is 2.31. The van der Waals surface area contributed by atoms with E-state index in [2.05, 4.69) is 15.1 Å². The number of benzene rings is 1. The molecule has 0 radical (unpaired) electrons. The Hall–Kier alpha value is -2.34. The van der Waals surface area contributed by atoms with Gasteiger partial charge < -0.3 is 10.5 Å². The number of fused-ring (bicyclic) bond motifs is 1. The highest BCUT2D eigenvalue weighted by Gasteiger charge is 2.10. The molecule has 6 nitrogen and oxygen atoms in total. The van der Waals surface area contributed by atoms with Gasteiger partial charge in [-0.3, -0.25) is 0 Å². The van der Waals surface area contributed by atoms with Crippen molar-refractivity contribution in [3.63, 3.8) is 0 Å². The number of aryl methyl sites for hydroxylation is 1. The van der Waals surface area contributed by atoms with Crippen LogP contribution in [-0.2, 0) is 0 Å². The van der Waals surface area contributed by atoms with Crippen LogP contribution < -0.4 is 10.5 Å². The van der Waals surface area contributed by atoms with Crippen LogP contribution in [0.15, 0.2) is 30.6 Å². The zero-order valence-corrected chi connectivity index (χ0v) is 10.8. The van der Waals surface area contributed by atoms with Gasteiger partial charge in [0, 0.05) is 23.5 Å². The Labute approximate surface area is 113 Å². The minimum atomic E-state index is 0.462. The van der Waals surface area contributed by atoms with Gasteiger partial charge in [0.1, 0.15) is 12.1 Å². The predicted molar refractivity (Wildman–Crippen MR) is 71.5 cm³/mol. The number of aromatic nitrogens is 4. The van der Waals surface area contributed by atoms with E-state index in [9.17, 15) is 0 Å². The molecule has 0 aliphatic heterocycles. The van der Waals surface area contributed by atoms with Crippen LogP contribution in [0.3, 0.4) is 0 Å². The van der Waals surface area contributed by atoms with E-state index in [0.29, 0.717) is 28.1 Å². The van der Waals surface area contributed by atoms with Crippen molar-refractivity contribution < 1.29 is 4.74 Å². The molecular weight excluding hydrogens is 266 g/mol. The van der Waals surface area contributed by atoms with Gasteiger partial charge in [-0.2, -0.15) is 14.6 Å². The molecule has 0 amide bonds. The summed E-state index contributed by atoms with van der Waals surface area (Å²) in [7, 11) is 0. The summed E-state index contributed by atoms with van der Waals surface area (Å²) >= 11 is 6.07. The molecule has 0 atom stereocenters. The second-order valence-corrected chi connectivity index (χ2v) is 4.41. The van der Waals surface area contributed by atoms with E-state index in [1.54, 1.807) is 24.3 Å². The quantitative estimate of drug-likeness (QED) is 0.727. The number of hydrogen-bond donors (Lipinski definition) is 1. The molecular formula is C12H10ClN5O. The largest absolute Gasteiger partial charge is 0.437 e. The zero-order chi connectivity index (χ0) is 13.4. The highest BCUT2D eigenvalue weighted by atomic mass is 35.5. The van der Waals surface area contributed by atoms with Gasteiger partial charge in [-0.25, -0.2) is 4.98 Å². The number of hydrogen-bond acceptors (Lipinski definition) is 5. The lowest BCUT2D eigenvalue weighted by Gasteiger charge is -2.09. The minimum absolute atomic E-state index is 0.462. The summed E-state index contributed by atoms with van der Waals surface area (Å²) in [5.74, 6) is 1.41. The van der Waals surface area contributed by atoms with Crippen molar-refractivity contribution in [1.82, 2.24) is 19.6 Å². The lowest BCUT2D eigenvalue weighted by Crippen LogP contribution is -1.99. The maximum absolute atomic E-state index is 6.07. The van der Waals surface area contributed by atoms with Crippen molar-refractivity contribution in [3.05, 3.63) is 41.3 Å². The topological polar surface area (TPSA) is 78.3 Å². The van der Waals surface area contributed by atoms with Crippen molar-refractivity contribution in [2.75, 3.05) is 5.73 Å². The SMILES string of the molecule is Cc1cc(Oc2cc(N)ccc2Cl)n2ncnc2n1. The molecule has 2 heterocycles. The highest BCUT2D eigenvalue weighted by molar-refractivity contribution is 6.32. The van der Waals surface area contributed by atoms with E-state index >= 15 is 0 Å². The van der Waals surface area contributed by atoms with Crippen LogP contribution in [0.2, 0.25) is 5.02 Å². The average molecular weight is 276 g/mol. The molecule has 3 rings (SSSR count). The van der Waals surface area contributed by atoms with E-state index in [4.69, 9.17) is 22.1 Å². The molecule has 0 unspecified atom stereocenters. The molecule has 7 heteroatoms. The second kappa shape index (κ2) is 4.40. The van der Waals surface area contributed by atoms with Crippen LogP contribution in [0.4, 0.5) is 5.69 Å². The summed E-state index contributed by atoms with van der Waals surface area (Å²) < 4.78 is 7.24. The number of halogens is 1. The predicted octanol–water partition coefficient (Wildman–Crippen LogP) is 2.46. The van der Waals surface area contributed by atoms with Crippen molar-refractivity contribution in [2.24, 2.45) is 0 Å². The second-order valence-electron chi connectivity index (χ2n) is 4.00. The van der Waals surface area contributed by atoms with Crippen molar-refractivity contribution in [1.29, 1.82) is 0 Å². The van der Waals surface area contributed by atoms with Gasteiger partial charge in [0.25, 0.3) is 5.78 Å². The van der Waals surface area contributed by atoms with Crippen LogP contribution in [0.5, 0.6) is 11.6 Å². The van der Waals surface area contributed by atoms with Gasteiger partial charge >= 0.3 is 0 Å². The summed E-state index contributed by atoms with van der Waals surface area (Å²) in [5.41, 5.74) is 7.06. The Morgan fingerprint density at radius 2 is 2.16 bits per heavy atom. The first-order chi connectivity index (χ1) is 9.13. The smallest absolute Gasteiger partial charge is 0.255 e. The van der Waals surface area contributed by atoms with Crippen LogP contribution in [0.1, 0.15) is 5.69 Å². The Morgan fingerprint density at radius 1 is 1.32 bits per heavy atom. The Kier molecular flexibility index (Phi) is 2.72. The fourth-order valence-corrected chi connectivity index (χ4v) is 1.84. The molecule has 0 fully saturated rings. The first-order valence-corrected chi connectivity index (χ1v) is 5.91. The van der Waals surface area contributed by atoms with Gasteiger partial charge in [-0.1, -0.05) is 11.6 Å². The van der Waals surface area contributed by atoms with Crippen molar-refractivity contribution in [2.45, 2.75) is 6.92 Å². The average Bonchev–Trinajstić information content (AvgIpc) is 2.82. The summed E-state index contributed by atoms with van der Waals surface area (Å²) in [6.45, 7) is 1.85. The molecule has 96 valence electrons. The molecule has 0 spiro atoms. The van der Waals surface area contributed by atoms with Gasteiger partial charge in [-0.15, -0.1) is 0 Å². The van der Waals surface area contributed by atoms with Crippen LogP contribution >= 0.6 is 11.6 Å². The van der Waals surface area contributed by atoms with E-state index in [-0.39, 0.29) is 0 Å². The summed E-state index contributed by atoms with van der Waals surface area (Å²) in [6, 6.07) is 6.79. The number of nitrogens with zero attached hydrogens (tertiary/aromatic N) is 4. The summed E-state index contributed by atoms with van der Waals surface area (Å²) in [6.07, 6.45) is 1.41. The minimum Gasteiger partial charge on any atom is -0.437 e. The van der Waals surface area contributed by atoms with Gasteiger partial charge in [0.05, 0.1) is 5.02 Å². The number of nitrogen functional groups attached to an aromatic ring is 1. The van der Waals surface area contributed by atoms with E-state index in [0.717, 1.165) is 5.69 Å². The molecule has 0 saturated heterocycles. The standard InChI is InChI=1S/C12H10ClN5O/c1-7-4-11(18-12(17-7)15-6-16-18)19-10-5-8(14)2-3-9(10)13/h2-6H,14H2,1H3. The van der Waals surface area contributed by atoms with Crippen molar-refractivity contribution >= 4 is 23.1 Å². The molecule has 0 bridgehead atoms. The first kappa shape index (κ1) is 11.7. The Morgan fingerprint density at radius 3 is 3.00 bits per heavy atom. The lowest BCUT2D eigenvalue weighted by molar-refractivity contribution is 0.445.